The molecular weight excluding hydrogens is 284 g/mol. The van der Waals surface area contributed by atoms with Crippen LogP contribution in [0.4, 0.5) is 0 Å². The molecule has 3 rings (SSSR count). The van der Waals surface area contributed by atoms with Gasteiger partial charge in [-0.1, -0.05) is 11.6 Å². The number of carboxylic acids is 1. The van der Waals surface area contributed by atoms with E-state index in [4.69, 9.17) is 16.3 Å². The third-order valence-corrected chi connectivity index (χ3v) is 5.01. The number of halogens is 1. The zero-order chi connectivity index (χ0) is 13.5. The Morgan fingerprint density at radius 3 is 2.79 bits per heavy atom. The van der Waals surface area contributed by atoms with Crippen molar-refractivity contribution < 1.29 is 14.6 Å². The number of benzene rings is 1. The van der Waals surface area contributed by atoms with Crippen molar-refractivity contribution >= 4 is 39.0 Å². The highest BCUT2D eigenvalue weighted by Crippen LogP contribution is 2.42. The van der Waals surface area contributed by atoms with Crippen molar-refractivity contribution in [1.29, 1.82) is 0 Å². The fourth-order valence-electron chi connectivity index (χ4n) is 2.69. The van der Waals surface area contributed by atoms with Gasteiger partial charge in [0.25, 0.3) is 0 Å². The lowest BCUT2D eigenvalue weighted by atomic mass is 9.74. The molecule has 0 spiro atoms. The number of ether oxygens (including phenoxy) is 1. The van der Waals surface area contributed by atoms with Crippen LogP contribution in [-0.2, 0) is 14.9 Å². The minimum Gasteiger partial charge on any atom is -0.481 e. The quantitative estimate of drug-likeness (QED) is 0.919. The zero-order valence-corrected chi connectivity index (χ0v) is 11.8. The second-order valence-corrected chi connectivity index (χ2v) is 6.14. The SMILES string of the molecule is O=C(O)C1(c2csc3ccc(Cl)cc23)CCOCC1. The van der Waals surface area contributed by atoms with Crippen molar-refractivity contribution in [3.63, 3.8) is 0 Å². The van der Waals surface area contributed by atoms with Crippen molar-refractivity contribution in [2.24, 2.45) is 0 Å². The van der Waals surface area contributed by atoms with Crippen LogP contribution < -0.4 is 0 Å². The van der Waals surface area contributed by atoms with E-state index in [0.29, 0.717) is 31.1 Å². The van der Waals surface area contributed by atoms with Gasteiger partial charge in [0.1, 0.15) is 0 Å². The van der Waals surface area contributed by atoms with Crippen LogP contribution in [0.15, 0.2) is 23.6 Å². The first kappa shape index (κ1) is 12.9. The maximum absolute atomic E-state index is 11.8. The number of rotatable bonds is 2. The van der Waals surface area contributed by atoms with Gasteiger partial charge in [-0.3, -0.25) is 4.79 Å². The summed E-state index contributed by atoms with van der Waals surface area (Å²) in [7, 11) is 0. The highest BCUT2D eigenvalue weighted by Gasteiger charge is 2.43. The van der Waals surface area contributed by atoms with Crippen LogP contribution >= 0.6 is 22.9 Å². The van der Waals surface area contributed by atoms with Gasteiger partial charge < -0.3 is 9.84 Å². The van der Waals surface area contributed by atoms with Crippen LogP contribution in [-0.4, -0.2) is 24.3 Å². The molecule has 0 saturated carbocycles. The van der Waals surface area contributed by atoms with E-state index in [1.807, 2.05) is 23.6 Å². The number of carbonyl (C=O) groups is 1. The predicted molar refractivity (Wildman–Crippen MR) is 76.2 cm³/mol. The van der Waals surface area contributed by atoms with Gasteiger partial charge in [0.15, 0.2) is 0 Å². The van der Waals surface area contributed by atoms with Gasteiger partial charge in [-0.2, -0.15) is 0 Å². The van der Waals surface area contributed by atoms with Crippen LogP contribution in [0.1, 0.15) is 18.4 Å². The van der Waals surface area contributed by atoms with Crippen LogP contribution in [0.5, 0.6) is 0 Å². The number of fused-ring (bicyclic) bond motifs is 1. The summed E-state index contributed by atoms with van der Waals surface area (Å²) in [6.07, 6.45) is 1.03. The molecule has 0 atom stereocenters. The molecule has 1 aliphatic heterocycles. The van der Waals surface area contributed by atoms with E-state index in [0.717, 1.165) is 15.6 Å². The van der Waals surface area contributed by atoms with E-state index in [9.17, 15) is 9.90 Å². The largest absolute Gasteiger partial charge is 0.481 e. The number of carboxylic acid groups (broad SMARTS) is 1. The molecule has 1 aliphatic rings. The first-order valence-corrected chi connectivity index (χ1v) is 7.38. The molecule has 2 aromatic rings. The Morgan fingerprint density at radius 2 is 2.11 bits per heavy atom. The zero-order valence-electron chi connectivity index (χ0n) is 10.2. The van der Waals surface area contributed by atoms with E-state index < -0.39 is 11.4 Å². The monoisotopic (exact) mass is 296 g/mol. The average molecular weight is 297 g/mol. The van der Waals surface area contributed by atoms with Gasteiger partial charge in [0.2, 0.25) is 0 Å². The first-order valence-electron chi connectivity index (χ1n) is 6.12. The molecule has 1 aromatic carbocycles. The van der Waals surface area contributed by atoms with Crippen LogP contribution in [0.25, 0.3) is 10.1 Å². The molecule has 2 heterocycles. The smallest absolute Gasteiger partial charge is 0.314 e. The molecule has 100 valence electrons. The normalized spacial score (nSPS) is 18.6. The maximum Gasteiger partial charge on any atom is 0.314 e. The molecule has 0 bridgehead atoms. The topological polar surface area (TPSA) is 46.5 Å². The van der Waals surface area contributed by atoms with Gasteiger partial charge in [-0.25, -0.2) is 0 Å². The van der Waals surface area contributed by atoms with Gasteiger partial charge in [-0.05, 0) is 47.4 Å². The number of aliphatic carboxylic acids is 1. The summed E-state index contributed by atoms with van der Waals surface area (Å²) in [6, 6.07) is 5.64. The van der Waals surface area contributed by atoms with Crippen LogP contribution in [0.3, 0.4) is 0 Å². The summed E-state index contributed by atoms with van der Waals surface area (Å²) >= 11 is 7.61. The third-order valence-electron chi connectivity index (χ3n) is 3.81. The Hall–Kier alpha value is -1.10. The van der Waals surface area contributed by atoms with E-state index in [2.05, 4.69) is 0 Å². The fourth-order valence-corrected chi connectivity index (χ4v) is 3.90. The Kier molecular flexibility index (Phi) is 3.25. The van der Waals surface area contributed by atoms with Crippen molar-refractivity contribution in [2.45, 2.75) is 18.3 Å². The van der Waals surface area contributed by atoms with Gasteiger partial charge >= 0.3 is 5.97 Å². The molecule has 1 fully saturated rings. The highest BCUT2D eigenvalue weighted by atomic mass is 35.5. The van der Waals surface area contributed by atoms with Crippen molar-refractivity contribution in [2.75, 3.05) is 13.2 Å². The molecule has 0 aliphatic carbocycles. The second kappa shape index (κ2) is 4.78. The van der Waals surface area contributed by atoms with Gasteiger partial charge in [-0.15, -0.1) is 11.3 Å². The summed E-state index contributed by atoms with van der Waals surface area (Å²) in [5.41, 5.74) is 0.0482. The number of hydrogen-bond donors (Lipinski definition) is 1. The summed E-state index contributed by atoms with van der Waals surface area (Å²) in [6.45, 7) is 0.981. The Labute approximate surface area is 119 Å². The molecule has 5 heteroatoms. The first-order chi connectivity index (χ1) is 9.13. The minimum atomic E-state index is -0.832. The van der Waals surface area contributed by atoms with E-state index >= 15 is 0 Å². The Balaban J connectivity index is 2.20. The second-order valence-electron chi connectivity index (χ2n) is 4.79. The third kappa shape index (κ3) is 2.04. The maximum atomic E-state index is 11.8. The van der Waals surface area contributed by atoms with Crippen molar-refractivity contribution in [1.82, 2.24) is 0 Å². The molecule has 0 amide bonds. The number of thiophene rings is 1. The van der Waals surface area contributed by atoms with Crippen molar-refractivity contribution in [3.8, 4) is 0 Å². The summed E-state index contributed by atoms with van der Waals surface area (Å²) in [5.74, 6) is -0.768. The summed E-state index contributed by atoms with van der Waals surface area (Å²) in [5, 5.41) is 13.3. The average Bonchev–Trinajstić information content (AvgIpc) is 2.82. The summed E-state index contributed by atoms with van der Waals surface area (Å²) in [4.78, 5) is 11.8. The predicted octanol–water partition coefficient (Wildman–Crippen LogP) is 3.69. The molecule has 0 radical (unpaired) electrons. The van der Waals surface area contributed by atoms with Crippen LogP contribution in [0.2, 0.25) is 5.02 Å². The lowest BCUT2D eigenvalue weighted by molar-refractivity contribution is -0.147. The molecule has 1 aromatic heterocycles. The molecule has 1 N–H and O–H groups in total. The minimum absolute atomic E-state index is 0.490. The lowest BCUT2D eigenvalue weighted by Crippen LogP contribution is -2.41. The van der Waals surface area contributed by atoms with E-state index in [1.54, 1.807) is 11.3 Å². The fraction of sp³-hybridized carbons (Fsp3) is 0.357. The van der Waals surface area contributed by atoms with Crippen LogP contribution in [0, 0.1) is 0 Å². The molecule has 19 heavy (non-hydrogen) atoms. The molecule has 0 unspecified atom stereocenters. The summed E-state index contributed by atoms with van der Waals surface area (Å²) < 4.78 is 6.40. The van der Waals surface area contributed by atoms with E-state index in [1.165, 1.54) is 0 Å². The standard InChI is InChI=1S/C14H13ClO3S/c15-9-1-2-12-10(7-9)11(8-19-12)14(13(16)17)3-5-18-6-4-14/h1-2,7-8H,3-6H2,(H,16,17). The number of hydrogen-bond acceptors (Lipinski definition) is 3. The van der Waals surface area contributed by atoms with Gasteiger partial charge in [0.05, 0.1) is 5.41 Å². The highest BCUT2D eigenvalue weighted by molar-refractivity contribution is 7.17. The van der Waals surface area contributed by atoms with Crippen molar-refractivity contribution in [3.05, 3.63) is 34.2 Å². The van der Waals surface area contributed by atoms with E-state index in [-0.39, 0.29) is 0 Å². The molecule has 3 nitrogen and oxygen atoms in total. The lowest BCUT2D eigenvalue weighted by Gasteiger charge is -2.33. The Bertz CT molecular complexity index is 629. The Morgan fingerprint density at radius 1 is 1.37 bits per heavy atom. The van der Waals surface area contributed by atoms with Gasteiger partial charge in [0, 0.05) is 22.9 Å². The molecule has 1 saturated heterocycles. The molecular formula is C14H13ClO3S.